The highest BCUT2D eigenvalue weighted by Gasteiger charge is 2.35. The van der Waals surface area contributed by atoms with Gasteiger partial charge in [0.15, 0.2) is 6.61 Å². The molecular weight excluding hydrogens is 372 g/mol. The van der Waals surface area contributed by atoms with Crippen LogP contribution in [0.3, 0.4) is 0 Å². The van der Waals surface area contributed by atoms with E-state index in [1.807, 2.05) is 30.3 Å². The molecule has 0 aromatic heterocycles. The minimum Gasteiger partial charge on any atom is -0.482 e. The lowest BCUT2D eigenvalue weighted by atomic mass is 10.1. The molecule has 0 spiro atoms. The molecule has 1 atom stereocenters. The lowest BCUT2D eigenvalue weighted by Gasteiger charge is -2.22. The number of amides is 2. The van der Waals surface area contributed by atoms with Crippen molar-refractivity contribution in [2.45, 2.75) is 19.5 Å². The average Bonchev–Trinajstić information content (AvgIpc) is 3.07. The predicted octanol–water partition coefficient (Wildman–Crippen LogP) is 2.16. The Labute approximate surface area is 169 Å². The van der Waals surface area contributed by atoms with Crippen LogP contribution in [-0.4, -0.2) is 52.9 Å². The molecule has 1 aliphatic heterocycles. The van der Waals surface area contributed by atoms with Gasteiger partial charge >= 0.3 is 5.97 Å². The first kappa shape index (κ1) is 20.4. The number of carbonyl (C=O) groups is 3. The van der Waals surface area contributed by atoms with Crippen LogP contribution < -0.4 is 4.74 Å². The number of carboxylic acids is 1. The lowest BCUT2D eigenvalue weighted by Crippen LogP contribution is -2.34. The SMILES string of the molecule is CN(Cc1ccc(OCC(=O)O)cc1)C(=O)C1CC(=O)N(Cc2ccccc2)C1. The molecule has 0 bridgehead atoms. The Morgan fingerprint density at radius 2 is 1.79 bits per heavy atom. The quantitative estimate of drug-likeness (QED) is 0.739. The van der Waals surface area contributed by atoms with Crippen molar-refractivity contribution in [2.24, 2.45) is 5.92 Å². The molecule has 1 aliphatic rings. The van der Waals surface area contributed by atoms with Crippen molar-refractivity contribution in [3.63, 3.8) is 0 Å². The molecule has 1 unspecified atom stereocenters. The number of nitrogens with zero attached hydrogens (tertiary/aromatic N) is 2. The van der Waals surface area contributed by atoms with Crippen molar-refractivity contribution < 1.29 is 24.2 Å². The molecule has 152 valence electrons. The van der Waals surface area contributed by atoms with Gasteiger partial charge in [0.25, 0.3) is 0 Å². The summed E-state index contributed by atoms with van der Waals surface area (Å²) < 4.78 is 5.11. The monoisotopic (exact) mass is 396 g/mol. The Bertz CT molecular complexity index is 867. The van der Waals surface area contributed by atoms with Crippen LogP contribution in [0.25, 0.3) is 0 Å². The zero-order chi connectivity index (χ0) is 20.8. The third kappa shape index (κ3) is 5.57. The molecule has 2 aromatic rings. The van der Waals surface area contributed by atoms with Gasteiger partial charge in [-0.2, -0.15) is 0 Å². The summed E-state index contributed by atoms with van der Waals surface area (Å²) in [5.41, 5.74) is 1.95. The van der Waals surface area contributed by atoms with Gasteiger partial charge in [-0.15, -0.1) is 0 Å². The number of benzene rings is 2. The maximum atomic E-state index is 12.8. The lowest BCUT2D eigenvalue weighted by molar-refractivity contribution is -0.139. The summed E-state index contributed by atoms with van der Waals surface area (Å²) in [5, 5.41) is 8.64. The second kappa shape index (κ2) is 9.23. The van der Waals surface area contributed by atoms with Crippen molar-refractivity contribution in [3.05, 3.63) is 65.7 Å². The van der Waals surface area contributed by atoms with E-state index < -0.39 is 12.6 Å². The van der Waals surface area contributed by atoms with Crippen LogP contribution in [0.1, 0.15) is 17.5 Å². The molecular formula is C22H24N2O5. The number of carboxylic acid groups (broad SMARTS) is 1. The summed E-state index contributed by atoms with van der Waals surface area (Å²) >= 11 is 0. The maximum Gasteiger partial charge on any atom is 0.341 e. The second-order valence-corrected chi connectivity index (χ2v) is 7.18. The molecule has 0 radical (unpaired) electrons. The molecule has 0 saturated carbocycles. The largest absolute Gasteiger partial charge is 0.482 e. The number of hydrogen-bond acceptors (Lipinski definition) is 4. The third-order valence-electron chi connectivity index (χ3n) is 4.86. The molecule has 1 N–H and O–H groups in total. The Balaban J connectivity index is 1.53. The average molecular weight is 396 g/mol. The molecule has 1 fully saturated rings. The van der Waals surface area contributed by atoms with Gasteiger partial charge in [-0.1, -0.05) is 42.5 Å². The number of likely N-dealkylation sites (tertiary alicyclic amines) is 1. The minimum atomic E-state index is -1.04. The first-order chi connectivity index (χ1) is 13.9. The van der Waals surface area contributed by atoms with E-state index in [-0.39, 0.29) is 24.2 Å². The van der Waals surface area contributed by atoms with Crippen molar-refractivity contribution in [1.29, 1.82) is 0 Å². The van der Waals surface area contributed by atoms with Crippen LogP contribution in [0.2, 0.25) is 0 Å². The molecule has 7 heteroatoms. The van der Waals surface area contributed by atoms with E-state index >= 15 is 0 Å². The van der Waals surface area contributed by atoms with E-state index in [1.54, 1.807) is 41.1 Å². The van der Waals surface area contributed by atoms with Crippen LogP contribution in [0.15, 0.2) is 54.6 Å². The topological polar surface area (TPSA) is 87.1 Å². The van der Waals surface area contributed by atoms with E-state index in [0.29, 0.717) is 25.4 Å². The van der Waals surface area contributed by atoms with Gasteiger partial charge in [0.05, 0.1) is 5.92 Å². The fourth-order valence-electron chi connectivity index (χ4n) is 3.39. The molecule has 0 aliphatic carbocycles. The van der Waals surface area contributed by atoms with Crippen LogP contribution in [0.4, 0.5) is 0 Å². The first-order valence-corrected chi connectivity index (χ1v) is 9.42. The number of aliphatic carboxylic acids is 1. The summed E-state index contributed by atoms with van der Waals surface area (Å²) in [7, 11) is 1.72. The fourth-order valence-corrected chi connectivity index (χ4v) is 3.39. The molecule has 29 heavy (non-hydrogen) atoms. The highest BCUT2D eigenvalue weighted by Crippen LogP contribution is 2.23. The number of carbonyl (C=O) groups excluding carboxylic acids is 2. The van der Waals surface area contributed by atoms with Gasteiger partial charge in [-0.25, -0.2) is 4.79 Å². The summed E-state index contributed by atoms with van der Waals surface area (Å²) in [5.74, 6) is -0.968. The molecule has 7 nitrogen and oxygen atoms in total. The van der Waals surface area contributed by atoms with Crippen molar-refractivity contribution >= 4 is 17.8 Å². The Morgan fingerprint density at radius 3 is 2.45 bits per heavy atom. The van der Waals surface area contributed by atoms with E-state index in [9.17, 15) is 14.4 Å². The molecule has 2 amide bonds. The highest BCUT2D eigenvalue weighted by molar-refractivity contribution is 5.89. The van der Waals surface area contributed by atoms with Crippen LogP contribution in [0, 0.1) is 5.92 Å². The van der Waals surface area contributed by atoms with Gasteiger partial charge < -0.3 is 19.6 Å². The molecule has 1 saturated heterocycles. The normalized spacial score (nSPS) is 16.0. The summed E-state index contributed by atoms with van der Waals surface area (Å²) in [6.07, 6.45) is 0.234. The van der Waals surface area contributed by atoms with Gasteiger partial charge in [0.1, 0.15) is 5.75 Å². The van der Waals surface area contributed by atoms with E-state index in [0.717, 1.165) is 11.1 Å². The summed E-state index contributed by atoms with van der Waals surface area (Å²) in [6.45, 7) is 0.957. The van der Waals surface area contributed by atoms with Crippen molar-refractivity contribution in [1.82, 2.24) is 9.80 Å². The standard InChI is InChI=1S/C22H24N2O5/c1-23(12-17-7-9-19(10-8-17)29-15-21(26)27)22(28)18-11-20(25)24(14-18)13-16-5-3-2-4-6-16/h2-10,18H,11-15H2,1H3,(H,26,27). The second-order valence-electron chi connectivity index (χ2n) is 7.18. The molecule has 1 heterocycles. The van der Waals surface area contributed by atoms with Crippen LogP contribution in [0.5, 0.6) is 5.75 Å². The zero-order valence-corrected chi connectivity index (χ0v) is 16.3. The zero-order valence-electron chi connectivity index (χ0n) is 16.3. The van der Waals surface area contributed by atoms with Gasteiger partial charge in [-0.3, -0.25) is 9.59 Å². The number of hydrogen-bond donors (Lipinski definition) is 1. The van der Waals surface area contributed by atoms with Gasteiger partial charge in [0.2, 0.25) is 11.8 Å². The smallest absolute Gasteiger partial charge is 0.341 e. The Morgan fingerprint density at radius 1 is 1.10 bits per heavy atom. The minimum absolute atomic E-state index is 0.000496. The Kier molecular flexibility index (Phi) is 6.49. The molecule has 2 aromatic carbocycles. The van der Waals surface area contributed by atoms with E-state index in [4.69, 9.17) is 9.84 Å². The van der Waals surface area contributed by atoms with Crippen LogP contribution in [-0.2, 0) is 27.5 Å². The van der Waals surface area contributed by atoms with Crippen LogP contribution >= 0.6 is 0 Å². The van der Waals surface area contributed by atoms with Crippen molar-refractivity contribution in [2.75, 3.05) is 20.2 Å². The van der Waals surface area contributed by atoms with E-state index in [2.05, 4.69) is 0 Å². The van der Waals surface area contributed by atoms with Crippen molar-refractivity contribution in [3.8, 4) is 5.75 Å². The Hall–Kier alpha value is -3.35. The third-order valence-corrected chi connectivity index (χ3v) is 4.86. The van der Waals surface area contributed by atoms with Gasteiger partial charge in [0, 0.05) is 33.1 Å². The first-order valence-electron chi connectivity index (χ1n) is 9.42. The summed E-state index contributed by atoms with van der Waals surface area (Å²) in [4.78, 5) is 39.0. The predicted molar refractivity (Wildman–Crippen MR) is 106 cm³/mol. The highest BCUT2D eigenvalue weighted by atomic mass is 16.5. The maximum absolute atomic E-state index is 12.8. The van der Waals surface area contributed by atoms with E-state index in [1.165, 1.54) is 0 Å². The summed E-state index contributed by atoms with van der Waals surface area (Å²) in [6, 6.07) is 16.7. The fraction of sp³-hybridized carbons (Fsp3) is 0.318. The van der Waals surface area contributed by atoms with Gasteiger partial charge in [-0.05, 0) is 23.3 Å². The number of rotatable bonds is 8. The molecule has 3 rings (SSSR count). The number of ether oxygens (including phenoxy) is 1.